The van der Waals surface area contributed by atoms with Crippen molar-refractivity contribution in [3.8, 4) is 0 Å². The van der Waals surface area contributed by atoms with Gasteiger partial charge in [0.2, 0.25) is 5.91 Å². The summed E-state index contributed by atoms with van der Waals surface area (Å²) in [5, 5.41) is 13.7. The Bertz CT molecular complexity index is 563. The fourth-order valence-electron chi connectivity index (χ4n) is 2.65. The number of nitrogens with one attached hydrogen (secondary N) is 1. The van der Waals surface area contributed by atoms with Gasteiger partial charge in [0.25, 0.3) is 5.69 Å². The number of benzene rings is 1. The van der Waals surface area contributed by atoms with Crippen LogP contribution in [0.2, 0.25) is 0 Å². The molecule has 1 aromatic rings. The van der Waals surface area contributed by atoms with Gasteiger partial charge in [0.05, 0.1) is 10.5 Å². The monoisotopic (exact) mass is 289 g/mol. The highest BCUT2D eigenvalue weighted by Gasteiger charge is 2.33. The third-order valence-electron chi connectivity index (χ3n) is 3.85. The van der Waals surface area contributed by atoms with Crippen molar-refractivity contribution in [1.29, 1.82) is 0 Å². The van der Waals surface area contributed by atoms with E-state index in [9.17, 15) is 14.9 Å². The molecule has 3 N–H and O–H groups in total. The Kier molecular flexibility index (Phi) is 4.70. The summed E-state index contributed by atoms with van der Waals surface area (Å²) < 4.78 is 0. The summed E-state index contributed by atoms with van der Waals surface area (Å²) in [4.78, 5) is 22.2. The van der Waals surface area contributed by atoms with E-state index in [-0.39, 0.29) is 17.1 Å². The normalized spacial score (nSPS) is 17.0. The second-order valence-electron chi connectivity index (χ2n) is 5.37. The number of nitrogens with zero attached hydrogens (tertiary/aromatic N) is 1. The number of carbonyl (C=O) groups excluding carboxylic acids is 1. The van der Waals surface area contributed by atoms with Crippen molar-refractivity contribution < 1.29 is 9.72 Å². The number of hydrogen-bond donors (Lipinski definition) is 2. The van der Waals surface area contributed by atoms with Crippen molar-refractivity contribution in [3.63, 3.8) is 0 Å². The molecule has 0 radical (unpaired) electrons. The van der Waals surface area contributed by atoms with Gasteiger partial charge in [0.15, 0.2) is 0 Å². The van der Waals surface area contributed by atoms with Gasteiger partial charge in [0, 0.05) is 24.8 Å². The minimum Gasteiger partial charge on any atom is -0.346 e. The maximum Gasteiger partial charge on any atom is 0.270 e. The zero-order chi connectivity index (χ0) is 15.3. The van der Waals surface area contributed by atoms with Crippen LogP contribution in [-0.2, 0) is 4.79 Å². The van der Waals surface area contributed by atoms with E-state index in [0.29, 0.717) is 12.1 Å². The Morgan fingerprint density at radius 1 is 1.43 bits per heavy atom. The predicted molar refractivity (Wildman–Crippen MR) is 80.5 cm³/mol. The van der Waals surface area contributed by atoms with Crippen molar-refractivity contribution in [3.05, 3.63) is 46.0 Å². The summed E-state index contributed by atoms with van der Waals surface area (Å²) in [5.74, 6) is -0.214. The van der Waals surface area contributed by atoms with Crippen LogP contribution in [0.1, 0.15) is 31.2 Å². The van der Waals surface area contributed by atoms with Crippen molar-refractivity contribution in [2.75, 3.05) is 6.54 Å². The molecule has 1 aromatic carbocycles. The molecule has 0 aromatic heterocycles. The van der Waals surface area contributed by atoms with Crippen LogP contribution in [0.5, 0.6) is 0 Å². The lowest BCUT2D eigenvalue weighted by Gasteiger charge is -2.27. The Morgan fingerprint density at radius 2 is 2.14 bits per heavy atom. The van der Waals surface area contributed by atoms with Crippen LogP contribution in [0.15, 0.2) is 30.3 Å². The minimum atomic E-state index is -0.459. The molecular weight excluding hydrogens is 270 g/mol. The first-order valence-corrected chi connectivity index (χ1v) is 6.99. The van der Waals surface area contributed by atoms with E-state index < -0.39 is 4.92 Å². The number of nitro benzene ring substituents is 1. The average Bonchev–Trinajstić information content (AvgIpc) is 2.94. The standard InChI is InChI=1S/C15H19N3O3/c16-11-15(8-1-2-9-15)17-14(19)7-6-12-4-3-5-13(10-12)18(20)21/h3-7,10H,1-2,8-9,11,16H2,(H,17,19). The van der Waals surface area contributed by atoms with Crippen LogP contribution >= 0.6 is 0 Å². The molecular formula is C15H19N3O3. The number of nitro groups is 1. The molecule has 1 aliphatic rings. The van der Waals surface area contributed by atoms with Gasteiger partial charge in [-0.05, 0) is 24.5 Å². The molecule has 0 atom stereocenters. The molecule has 1 fully saturated rings. The Labute approximate surface area is 123 Å². The molecule has 1 saturated carbocycles. The highest BCUT2D eigenvalue weighted by atomic mass is 16.6. The average molecular weight is 289 g/mol. The second-order valence-corrected chi connectivity index (χ2v) is 5.37. The van der Waals surface area contributed by atoms with Gasteiger partial charge in [-0.25, -0.2) is 0 Å². The van der Waals surface area contributed by atoms with Crippen molar-refractivity contribution in [2.24, 2.45) is 5.73 Å². The smallest absolute Gasteiger partial charge is 0.270 e. The van der Waals surface area contributed by atoms with Crippen LogP contribution in [0.3, 0.4) is 0 Å². The lowest BCUT2D eigenvalue weighted by molar-refractivity contribution is -0.384. The lowest BCUT2D eigenvalue weighted by atomic mass is 9.98. The summed E-state index contributed by atoms with van der Waals surface area (Å²) in [6.45, 7) is 0.434. The topological polar surface area (TPSA) is 98.3 Å². The predicted octanol–water partition coefficient (Wildman–Crippen LogP) is 2.00. The summed E-state index contributed by atoms with van der Waals surface area (Å²) in [6, 6.07) is 6.15. The molecule has 6 nitrogen and oxygen atoms in total. The second kappa shape index (κ2) is 6.49. The van der Waals surface area contributed by atoms with E-state index in [1.807, 2.05) is 0 Å². The molecule has 0 spiro atoms. The zero-order valence-corrected chi connectivity index (χ0v) is 11.7. The zero-order valence-electron chi connectivity index (χ0n) is 11.7. The number of carbonyl (C=O) groups is 1. The van der Waals surface area contributed by atoms with E-state index in [2.05, 4.69) is 5.32 Å². The van der Waals surface area contributed by atoms with Crippen LogP contribution in [0.4, 0.5) is 5.69 Å². The van der Waals surface area contributed by atoms with E-state index >= 15 is 0 Å². The largest absolute Gasteiger partial charge is 0.346 e. The van der Waals surface area contributed by atoms with Crippen LogP contribution in [0.25, 0.3) is 6.08 Å². The van der Waals surface area contributed by atoms with E-state index in [1.54, 1.807) is 18.2 Å². The van der Waals surface area contributed by atoms with Crippen LogP contribution < -0.4 is 11.1 Å². The van der Waals surface area contributed by atoms with Gasteiger partial charge in [0.1, 0.15) is 0 Å². The third kappa shape index (κ3) is 3.88. The number of rotatable bonds is 5. The Morgan fingerprint density at radius 3 is 2.76 bits per heavy atom. The molecule has 112 valence electrons. The van der Waals surface area contributed by atoms with E-state index in [1.165, 1.54) is 18.2 Å². The highest BCUT2D eigenvalue weighted by molar-refractivity contribution is 5.92. The minimum absolute atomic E-state index is 0.00628. The molecule has 0 unspecified atom stereocenters. The number of nitrogens with two attached hydrogens (primary N) is 1. The van der Waals surface area contributed by atoms with Gasteiger partial charge in [-0.2, -0.15) is 0 Å². The lowest BCUT2D eigenvalue weighted by Crippen LogP contribution is -2.51. The quantitative estimate of drug-likeness (QED) is 0.492. The Balaban J connectivity index is 2.02. The van der Waals surface area contributed by atoms with Crippen molar-refractivity contribution in [2.45, 2.75) is 31.2 Å². The van der Waals surface area contributed by atoms with Gasteiger partial charge in [-0.3, -0.25) is 14.9 Å². The molecule has 0 saturated heterocycles. The molecule has 0 bridgehead atoms. The first-order chi connectivity index (χ1) is 10.0. The van der Waals surface area contributed by atoms with Gasteiger partial charge in [-0.1, -0.05) is 25.0 Å². The van der Waals surface area contributed by atoms with Crippen LogP contribution in [0, 0.1) is 10.1 Å². The highest BCUT2D eigenvalue weighted by Crippen LogP contribution is 2.28. The molecule has 6 heteroatoms. The number of hydrogen-bond acceptors (Lipinski definition) is 4. The first kappa shape index (κ1) is 15.2. The van der Waals surface area contributed by atoms with E-state index in [0.717, 1.165) is 25.7 Å². The fraction of sp³-hybridized carbons (Fsp3) is 0.400. The van der Waals surface area contributed by atoms with Gasteiger partial charge >= 0.3 is 0 Å². The van der Waals surface area contributed by atoms with Crippen molar-refractivity contribution in [1.82, 2.24) is 5.32 Å². The molecule has 21 heavy (non-hydrogen) atoms. The first-order valence-electron chi connectivity index (χ1n) is 6.99. The van der Waals surface area contributed by atoms with Gasteiger partial charge < -0.3 is 11.1 Å². The SMILES string of the molecule is NCC1(NC(=O)C=Cc2cccc([N+](=O)[O-])c2)CCCC1. The summed E-state index contributed by atoms with van der Waals surface area (Å²) in [7, 11) is 0. The van der Waals surface area contributed by atoms with Crippen LogP contribution in [-0.4, -0.2) is 22.9 Å². The number of non-ortho nitro benzene ring substituents is 1. The van der Waals surface area contributed by atoms with E-state index in [4.69, 9.17) is 5.73 Å². The summed E-state index contributed by atoms with van der Waals surface area (Å²) >= 11 is 0. The third-order valence-corrected chi connectivity index (χ3v) is 3.85. The molecule has 2 rings (SSSR count). The molecule has 1 aliphatic carbocycles. The Hall–Kier alpha value is -2.21. The number of amides is 1. The maximum absolute atomic E-state index is 12.0. The summed E-state index contributed by atoms with van der Waals surface area (Å²) in [6.07, 6.45) is 6.92. The van der Waals surface area contributed by atoms with Gasteiger partial charge in [-0.15, -0.1) is 0 Å². The fourth-order valence-corrected chi connectivity index (χ4v) is 2.65. The molecule has 1 amide bonds. The maximum atomic E-state index is 12.0. The molecule has 0 heterocycles. The summed E-state index contributed by atoms with van der Waals surface area (Å²) in [5.41, 5.74) is 6.10. The van der Waals surface area contributed by atoms with Crippen molar-refractivity contribution >= 4 is 17.7 Å². The molecule has 0 aliphatic heterocycles.